The van der Waals surface area contributed by atoms with Crippen molar-refractivity contribution in [3.05, 3.63) is 95.9 Å². The van der Waals surface area contributed by atoms with Crippen LogP contribution in [0.2, 0.25) is 0 Å². The molecule has 0 spiro atoms. The molecule has 0 radical (unpaired) electrons. The Bertz CT molecular complexity index is 862. The van der Waals surface area contributed by atoms with Crippen LogP contribution in [0.4, 0.5) is 5.69 Å². The summed E-state index contributed by atoms with van der Waals surface area (Å²) in [5.41, 5.74) is 2.69. The normalized spacial score (nSPS) is 12.8. The van der Waals surface area contributed by atoms with E-state index in [9.17, 15) is 10.2 Å². The Labute approximate surface area is 147 Å². The van der Waals surface area contributed by atoms with Crippen molar-refractivity contribution in [3.63, 3.8) is 0 Å². The fraction of sp³-hybridized carbons (Fsp3) is 0.0476. The molecular formula is C21H20N2O2. The van der Waals surface area contributed by atoms with Gasteiger partial charge in [0.2, 0.25) is 0 Å². The molecule has 0 saturated heterocycles. The topological polar surface area (TPSA) is 65.2 Å². The average Bonchev–Trinajstić information content (AvgIpc) is 2.64. The molecule has 0 aromatic heterocycles. The molecule has 126 valence electrons. The Balaban J connectivity index is 2.27. The molecule has 0 aliphatic rings. The first kappa shape index (κ1) is 17.9. The van der Waals surface area contributed by atoms with Crippen LogP contribution in [-0.2, 0) is 0 Å². The number of hydrogen-bond donors (Lipinski definition) is 2. The third kappa shape index (κ3) is 5.32. The van der Waals surface area contributed by atoms with E-state index in [0.717, 1.165) is 11.1 Å². The number of phenols is 1. The van der Waals surface area contributed by atoms with Gasteiger partial charge in [0.25, 0.3) is 0 Å². The smallest absolute Gasteiger partial charge is 0.141 e. The molecule has 0 heterocycles. The first-order valence-corrected chi connectivity index (χ1v) is 7.76. The highest BCUT2D eigenvalue weighted by Gasteiger charge is 2.00. The Morgan fingerprint density at radius 2 is 1.64 bits per heavy atom. The largest absolute Gasteiger partial charge is 0.506 e. The molecule has 4 nitrogen and oxygen atoms in total. The second kappa shape index (κ2) is 9.03. The van der Waals surface area contributed by atoms with Gasteiger partial charge >= 0.3 is 0 Å². The molecule has 0 unspecified atom stereocenters. The highest BCUT2D eigenvalue weighted by Crippen LogP contribution is 2.24. The monoisotopic (exact) mass is 332 g/mol. The van der Waals surface area contributed by atoms with Crippen molar-refractivity contribution in [1.82, 2.24) is 0 Å². The maximum absolute atomic E-state index is 9.86. The number of phenolic OH excluding ortho intramolecular Hbond substituents is 1. The van der Waals surface area contributed by atoms with Crippen LogP contribution in [0.5, 0.6) is 5.75 Å². The molecule has 0 aliphatic heterocycles. The quantitative estimate of drug-likeness (QED) is 0.439. The van der Waals surface area contributed by atoms with Crippen molar-refractivity contribution >= 4 is 18.1 Å². The molecular weight excluding hydrogens is 312 g/mol. The first-order valence-electron chi connectivity index (χ1n) is 7.76. The predicted molar refractivity (Wildman–Crippen MR) is 104 cm³/mol. The summed E-state index contributed by atoms with van der Waals surface area (Å²) >= 11 is 0. The summed E-state index contributed by atoms with van der Waals surface area (Å²) in [5, 5.41) is 19.6. The minimum atomic E-state index is 0.0801. The van der Waals surface area contributed by atoms with E-state index in [-0.39, 0.29) is 11.5 Å². The van der Waals surface area contributed by atoms with Gasteiger partial charge in [-0.1, -0.05) is 55.1 Å². The Morgan fingerprint density at radius 3 is 2.32 bits per heavy atom. The van der Waals surface area contributed by atoms with Crippen molar-refractivity contribution in [2.45, 2.75) is 6.92 Å². The maximum atomic E-state index is 9.86. The van der Waals surface area contributed by atoms with Crippen LogP contribution in [0.15, 0.2) is 94.8 Å². The number of aliphatic hydroxyl groups is 1. The lowest BCUT2D eigenvalue weighted by Crippen LogP contribution is -1.92. The van der Waals surface area contributed by atoms with Crippen LogP contribution >= 0.6 is 0 Å². The van der Waals surface area contributed by atoms with Gasteiger partial charge in [0.05, 0.1) is 5.70 Å². The summed E-state index contributed by atoms with van der Waals surface area (Å²) in [7, 11) is 0. The van der Waals surface area contributed by atoms with Crippen LogP contribution in [0.1, 0.15) is 18.1 Å². The maximum Gasteiger partial charge on any atom is 0.141 e. The molecule has 2 rings (SSSR count). The number of aliphatic hydroxyl groups excluding tert-OH is 1. The van der Waals surface area contributed by atoms with E-state index >= 15 is 0 Å². The molecule has 0 amide bonds. The Kier molecular flexibility index (Phi) is 6.48. The number of para-hydroxylation sites is 2. The number of nitrogens with zero attached hydrogens (tertiary/aromatic N) is 2. The van der Waals surface area contributed by atoms with E-state index in [1.165, 1.54) is 6.08 Å². The molecule has 0 bridgehead atoms. The number of allylic oxidation sites excluding steroid dienone is 4. The minimum absolute atomic E-state index is 0.0801. The standard InChI is InChI=1S/C21H20N2O2/c1-3-4-12-20(24)16(2)22-14-17-9-5-6-10-18(17)15-23-19-11-7-8-13-21(19)25/h3-15,24-25H,1H2,2H3/b12-4-,20-16-,22-14?,23-15?. The molecule has 0 aliphatic carbocycles. The summed E-state index contributed by atoms with van der Waals surface area (Å²) in [6.45, 7) is 5.28. The lowest BCUT2D eigenvalue weighted by atomic mass is 10.1. The summed E-state index contributed by atoms with van der Waals surface area (Å²) in [6, 6.07) is 14.5. The zero-order valence-electron chi connectivity index (χ0n) is 14.0. The van der Waals surface area contributed by atoms with Gasteiger partial charge in [-0.25, -0.2) is 0 Å². The summed E-state index contributed by atoms with van der Waals surface area (Å²) in [6.07, 6.45) is 8.09. The number of hydrogen-bond acceptors (Lipinski definition) is 4. The van der Waals surface area contributed by atoms with Gasteiger partial charge in [-0.2, -0.15) is 0 Å². The summed E-state index contributed by atoms with van der Waals surface area (Å²) in [5.74, 6) is 0.208. The van der Waals surface area contributed by atoms with Crippen LogP contribution < -0.4 is 0 Å². The van der Waals surface area contributed by atoms with Gasteiger partial charge in [-0.3, -0.25) is 9.98 Å². The van der Waals surface area contributed by atoms with Crippen molar-refractivity contribution < 1.29 is 10.2 Å². The van der Waals surface area contributed by atoms with Crippen LogP contribution in [0, 0.1) is 0 Å². The van der Waals surface area contributed by atoms with Crippen molar-refractivity contribution in [2.24, 2.45) is 9.98 Å². The lowest BCUT2D eigenvalue weighted by molar-refractivity contribution is 0.425. The highest BCUT2D eigenvalue weighted by molar-refractivity contribution is 5.95. The Hall–Kier alpha value is -3.40. The molecule has 2 aromatic carbocycles. The Morgan fingerprint density at radius 1 is 1.00 bits per heavy atom. The van der Waals surface area contributed by atoms with Gasteiger partial charge in [0.1, 0.15) is 17.2 Å². The fourth-order valence-corrected chi connectivity index (χ4v) is 1.97. The second-order valence-corrected chi connectivity index (χ2v) is 5.20. The zero-order valence-corrected chi connectivity index (χ0v) is 14.0. The predicted octanol–water partition coefficient (Wildman–Crippen LogP) is 5.09. The number of benzene rings is 2. The highest BCUT2D eigenvalue weighted by atomic mass is 16.3. The molecule has 4 heteroatoms. The molecule has 25 heavy (non-hydrogen) atoms. The molecule has 0 fully saturated rings. The zero-order chi connectivity index (χ0) is 18.1. The van der Waals surface area contributed by atoms with Crippen molar-refractivity contribution in [1.29, 1.82) is 0 Å². The number of rotatable bonds is 6. The van der Waals surface area contributed by atoms with E-state index in [1.807, 2.05) is 30.3 Å². The van der Waals surface area contributed by atoms with Gasteiger partial charge in [-0.05, 0) is 25.1 Å². The average molecular weight is 332 g/mol. The third-order valence-corrected chi connectivity index (χ3v) is 3.38. The lowest BCUT2D eigenvalue weighted by Gasteiger charge is -2.01. The van der Waals surface area contributed by atoms with Gasteiger partial charge in [0.15, 0.2) is 0 Å². The number of aliphatic imine (C=N–C) groups is 2. The van der Waals surface area contributed by atoms with E-state index in [0.29, 0.717) is 11.4 Å². The third-order valence-electron chi connectivity index (χ3n) is 3.38. The van der Waals surface area contributed by atoms with E-state index < -0.39 is 0 Å². The first-order chi connectivity index (χ1) is 12.1. The van der Waals surface area contributed by atoms with E-state index in [1.54, 1.807) is 49.7 Å². The molecule has 2 aromatic rings. The van der Waals surface area contributed by atoms with Crippen molar-refractivity contribution in [3.8, 4) is 5.75 Å². The van der Waals surface area contributed by atoms with Crippen LogP contribution in [-0.4, -0.2) is 22.6 Å². The summed E-state index contributed by atoms with van der Waals surface area (Å²) < 4.78 is 0. The van der Waals surface area contributed by atoms with Gasteiger partial charge in [-0.15, -0.1) is 0 Å². The second-order valence-electron chi connectivity index (χ2n) is 5.20. The van der Waals surface area contributed by atoms with Crippen molar-refractivity contribution in [2.75, 3.05) is 0 Å². The van der Waals surface area contributed by atoms with Crippen LogP contribution in [0.3, 0.4) is 0 Å². The van der Waals surface area contributed by atoms with E-state index in [2.05, 4.69) is 16.6 Å². The summed E-state index contributed by atoms with van der Waals surface area (Å²) in [4.78, 5) is 8.61. The van der Waals surface area contributed by atoms with Gasteiger partial charge < -0.3 is 10.2 Å². The molecule has 0 atom stereocenters. The fourth-order valence-electron chi connectivity index (χ4n) is 1.97. The minimum Gasteiger partial charge on any atom is -0.506 e. The number of aromatic hydroxyl groups is 1. The SMILES string of the molecule is C=C/C=C\C(O)=C(/C)N=Cc1ccccc1C=Nc1ccccc1O. The molecule has 2 N–H and O–H groups in total. The van der Waals surface area contributed by atoms with Crippen LogP contribution in [0.25, 0.3) is 0 Å². The molecule has 0 saturated carbocycles. The van der Waals surface area contributed by atoms with Gasteiger partial charge in [0, 0.05) is 23.6 Å². The van der Waals surface area contributed by atoms with E-state index in [4.69, 9.17) is 0 Å².